The summed E-state index contributed by atoms with van der Waals surface area (Å²) in [5, 5.41) is 12.2. The van der Waals surface area contributed by atoms with Gasteiger partial charge in [-0.2, -0.15) is 0 Å². The first-order chi connectivity index (χ1) is 9.13. The van der Waals surface area contributed by atoms with Gasteiger partial charge in [-0.15, -0.1) is 11.6 Å². The maximum atomic E-state index is 11.0. The van der Waals surface area contributed by atoms with Crippen LogP contribution in [0.4, 0.5) is 5.69 Å². The first kappa shape index (κ1) is 13.4. The fourth-order valence-corrected chi connectivity index (χ4v) is 1.84. The number of hydrogen-bond acceptors (Lipinski definition) is 3. The monoisotopic (exact) mass is 277 g/mol. The van der Waals surface area contributed by atoms with Crippen LogP contribution in [0.25, 0.3) is 10.8 Å². The average Bonchev–Trinajstić information content (AvgIpc) is 2.43. The standard InChI is InChI=1S/C14H12ClNO3/c1-10(8-15)9-19-14-7-6-13(16(17)18)11-4-2-3-5-12(11)14/h2-7H,1,8-9H2. The van der Waals surface area contributed by atoms with Gasteiger partial charge in [-0.3, -0.25) is 10.1 Å². The second-order valence-corrected chi connectivity index (χ2v) is 4.33. The van der Waals surface area contributed by atoms with Crippen LogP contribution in [0.2, 0.25) is 0 Å². The molecule has 0 aliphatic rings. The topological polar surface area (TPSA) is 52.4 Å². The van der Waals surface area contributed by atoms with Crippen LogP contribution < -0.4 is 4.74 Å². The first-order valence-electron chi connectivity index (χ1n) is 5.65. The number of fused-ring (bicyclic) bond motifs is 1. The van der Waals surface area contributed by atoms with Crippen LogP contribution in [0.15, 0.2) is 48.6 Å². The Labute approximate surface area is 115 Å². The smallest absolute Gasteiger partial charge is 0.277 e. The fourth-order valence-electron chi connectivity index (χ4n) is 1.76. The molecule has 5 heteroatoms. The van der Waals surface area contributed by atoms with E-state index in [1.807, 2.05) is 6.07 Å². The van der Waals surface area contributed by atoms with Crippen molar-refractivity contribution in [2.45, 2.75) is 0 Å². The van der Waals surface area contributed by atoms with Gasteiger partial charge in [0.05, 0.1) is 10.3 Å². The van der Waals surface area contributed by atoms with Crippen LogP contribution in [0.5, 0.6) is 5.75 Å². The Balaban J connectivity index is 2.44. The van der Waals surface area contributed by atoms with Crippen molar-refractivity contribution in [3.8, 4) is 5.75 Å². The van der Waals surface area contributed by atoms with E-state index in [9.17, 15) is 10.1 Å². The number of nitrogens with zero attached hydrogens (tertiary/aromatic N) is 1. The van der Waals surface area contributed by atoms with E-state index in [0.717, 1.165) is 5.57 Å². The molecule has 0 unspecified atom stereocenters. The molecule has 0 aliphatic carbocycles. The van der Waals surface area contributed by atoms with E-state index in [1.54, 1.807) is 24.3 Å². The summed E-state index contributed by atoms with van der Waals surface area (Å²) in [4.78, 5) is 10.6. The van der Waals surface area contributed by atoms with E-state index < -0.39 is 4.92 Å². The SMILES string of the molecule is C=C(CCl)COc1ccc([N+](=O)[O-])c2ccccc12. The number of ether oxygens (including phenoxy) is 1. The Bertz CT molecular complexity index is 640. The molecular formula is C14H12ClNO3. The third kappa shape index (κ3) is 2.85. The Morgan fingerprint density at radius 1 is 1.26 bits per heavy atom. The summed E-state index contributed by atoms with van der Waals surface area (Å²) in [6.45, 7) is 4.05. The van der Waals surface area contributed by atoms with Crippen molar-refractivity contribution in [2.75, 3.05) is 12.5 Å². The van der Waals surface area contributed by atoms with E-state index in [1.165, 1.54) is 6.07 Å². The lowest BCUT2D eigenvalue weighted by atomic mass is 10.1. The van der Waals surface area contributed by atoms with Crippen LogP contribution in [0.1, 0.15) is 0 Å². The van der Waals surface area contributed by atoms with Gasteiger partial charge < -0.3 is 4.74 Å². The summed E-state index contributed by atoms with van der Waals surface area (Å²) in [6, 6.07) is 10.1. The molecule has 0 fully saturated rings. The molecule has 0 spiro atoms. The summed E-state index contributed by atoms with van der Waals surface area (Å²) in [5.41, 5.74) is 0.822. The van der Waals surface area contributed by atoms with Crippen LogP contribution >= 0.6 is 11.6 Å². The molecule has 0 atom stereocenters. The highest BCUT2D eigenvalue weighted by Gasteiger charge is 2.14. The lowest BCUT2D eigenvalue weighted by Crippen LogP contribution is -2.02. The molecular weight excluding hydrogens is 266 g/mol. The molecule has 0 N–H and O–H groups in total. The summed E-state index contributed by atoms with van der Waals surface area (Å²) >= 11 is 5.63. The van der Waals surface area contributed by atoms with Gasteiger partial charge in [-0.25, -0.2) is 0 Å². The van der Waals surface area contributed by atoms with Gasteiger partial charge in [0.25, 0.3) is 5.69 Å². The number of alkyl halides is 1. The van der Waals surface area contributed by atoms with E-state index >= 15 is 0 Å². The molecule has 0 radical (unpaired) electrons. The van der Waals surface area contributed by atoms with Crippen molar-refractivity contribution in [3.63, 3.8) is 0 Å². The number of non-ortho nitro benzene ring substituents is 1. The molecule has 0 heterocycles. The van der Waals surface area contributed by atoms with Crippen LogP contribution in [0.3, 0.4) is 0 Å². The largest absolute Gasteiger partial charge is 0.489 e. The molecule has 2 aromatic rings. The summed E-state index contributed by atoms with van der Waals surface area (Å²) in [6.07, 6.45) is 0. The minimum absolute atomic E-state index is 0.0686. The Morgan fingerprint density at radius 3 is 2.58 bits per heavy atom. The molecule has 2 rings (SSSR count). The normalized spacial score (nSPS) is 10.4. The van der Waals surface area contributed by atoms with Gasteiger partial charge in [0.2, 0.25) is 0 Å². The zero-order chi connectivity index (χ0) is 13.8. The first-order valence-corrected chi connectivity index (χ1v) is 6.18. The molecule has 0 saturated heterocycles. The molecule has 2 aromatic carbocycles. The molecule has 0 aromatic heterocycles. The Morgan fingerprint density at radius 2 is 1.95 bits per heavy atom. The summed E-state index contributed by atoms with van der Waals surface area (Å²) < 4.78 is 5.60. The predicted octanol–water partition coefficient (Wildman–Crippen LogP) is 3.92. The van der Waals surface area contributed by atoms with Gasteiger partial charge in [0, 0.05) is 17.3 Å². The second kappa shape index (κ2) is 5.71. The number of hydrogen-bond donors (Lipinski definition) is 0. The Hall–Kier alpha value is -2.07. The van der Waals surface area contributed by atoms with Crippen LogP contribution in [0, 0.1) is 10.1 Å². The van der Waals surface area contributed by atoms with E-state index in [0.29, 0.717) is 29.0 Å². The fraction of sp³-hybridized carbons (Fsp3) is 0.143. The van der Waals surface area contributed by atoms with Crippen molar-refractivity contribution in [2.24, 2.45) is 0 Å². The molecule has 0 aliphatic heterocycles. The zero-order valence-electron chi connectivity index (χ0n) is 10.1. The number of benzene rings is 2. The number of rotatable bonds is 5. The average molecular weight is 278 g/mol. The van der Waals surface area contributed by atoms with Crippen molar-refractivity contribution in [1.82, 2.24) is 0 Å². The highest BCUT2D eigenvalue weighted by molar-refractivity contribution is 6.19. The third-order valence-electron chi connectivity index (χ3n) is 2.68. The van der Waals surface area contributed by atoms with Crippen LogP contribution in [-0.2, 0) is 0 Å². The summed E-state index contributed by atoms with van der Waals surface area (Å²) in [5.74, 6) is 0.915. The summed E-state index contributed by atoms with van der Waals surface area (Å²) in [7, 11) is 0. The van der Waals surface area contributed by atoms with E-state index in [-0.39, 0.29) is 5.69 Å². The maximum absolute atomic E-state index is 11.0. The molecule has 0 amide bonds. The van der Waals surface area contributed by atoms with Crippen molar-refractivity contribution in [1.29, 1.82) is 0 Å². The predicted molar refractivity (Wildman–Crippen MR) is 76.0 cm³/mol. The molecule has 19 heavy (non-hydrogen) atoms. The highest BCUT2D eigenvalue weighted by Crippen LogP contribution is 2.32. The van der Waals surface area contributed by atoms with Gasteiger partial charge >= 0.3 is 0 Å². The Kier molecular flexibility index (Phi) is 4.02. The molecule has 98 valence electrons. The second-order valence-electron chi connectivity index (χ2n) is 4.06. The zero-order valence-corrected chi connectivity index (χ0v) is 10.9. The maximum Gasteiger partial charge on any atom is 0.277 e. The minimum Gasteiger partial charge on any atom is -0.489 e. The van der Waals surface area contributed by atoms with Gasteiger partial charge in [-0.05, 0) is 17.7 Å². The third-order valence-corrected chi connectivity index (χ3v) is 3.06. The van der Waals surface area contributed by atoms with Crippen molar-refractivity contribution >= 4 is 28.1 Å². The van der Waals surface area contributed by atoms with Gasteiger partial charge in [-0.1, -0.05) is 24.8 Å². The van der Waals surface area contributed by atoms with E-state index in [2.05, 4.69) is 6.58 Å². The van der Waals surface area contributed by atoms with Gasteiger partial charge in [0.1, 0.15) is 12.4 Å². The van der Waals surface area contributed by atoms with Gasteiger partial charge in [0.15, 0.2) is 0 Å². The van der Waals surface area contributed by atoms with Crippen molar-refractivity contribution in [3.05, 3.63) is 58.7 Å². The number of nitro benzene ring substituents is 1. The number of nitro groups is 1. The minimum atomic E-state index is -0.399. The highest BCUT2D eigenvalue weighted by atomic mass is 35.5. The molecule has 4 nitrogen and oxygen atoms in total. The molecule has 0 bridgehead atoms. The van der Waals surface area contributed by atoms with Crippen LogP contribution in [-0.4, -0.2) is 17.4 Å². The lowest BCUT2D eigenvalue weighted by molar-refractivity contribution is -0.383. The van der Waals surface area contributed by atoms with E-state index in [4.69, 9.17) is 16.3 Å². The van der Waals surface area contributed by atoms with Crippen molar-refractivity contribution < 1.29 is 9.66 Å². The quantitative estimate of drug-likeness (QED) is 0.360. The molecule has 0 saturated carbocycles. The number of halogens is 1. The lowest BCUT2D eigenvalue weighted by Gasteiger charge is -2.10.